The molecule has 34 heavy (non-hydrogen) atoms. The lowest BCUT2D eigenvalue weighted by molar-refractivity contribution is -0.121. The number of nitrogens with zero attached hydrogens (tertiary/aromatic N) is 5. The zero-order valence-corrected chi connectivity index (χ0v) is 18.6. The number of benzene rings is 1. The van der Waals surface area contributed by atoms with Crippen LogP contribution in [-0.2, 0) is 16.6 Å². The molecular formula is C27H22N6O. The minimum absolute atomic E-state index is 0.0290. The number of nitrogens with one attached hydrogen (secondary N) is 1. The molecule has 0 radical (unpaired) electrons. The van der Waals surface area contributed by atoms with Gasteiger partial charge in [0.15, 0.2) is 5.78 Å². The molecule has 7 heteroatoms. The Kier molecular flexibility index (Phi) is 4.56. The standard InChI is InChI=1S/C27H22N6O/c1-17-23-10-9-22-24(19-14-30-33(16-19)21-8-5-11-29-15-21)31-32-26(22)27(23,12-18(13-28)25(17)34)20-6-3-2-4-7-20/h2-8,11-12,14-17,23H,9-10H2,1H3,(H,31,32)/t17?,23?,27-/m1/s1. The van der Waals surface area contributed by atoms with E-state index < -0.39 is 5.41 Å². The summed E-state index contributed by atoms with van der Waals surface area (Å²) < 4.78 is 1.79. The predicted octanol–water partition coefficient (Wildman–Crippen LogP) is 4.17. The van der Waals surface area contributed by atoms with E-state index in [0.717, 1.165) is 46.6 Å². The quantitative estimate of drug-likeness (QED) is 0.509. The third-order valence-electron chi connectivity index (χ3n) is 7.36. The Morgan fingerprint density at radius 1 is 1.18 bits per heavy atom. The Labute approximate surface area is 196 Å². The van der Waals surface area contributed by atoms with Crippen LogP contribution in [0.15, 0.2) is 78.9 Å². The lowest BCUT2D eigenvalue weighted by atomic mass is 9.54. The first-order chi connectivity index (χ1) is 16.6. The molecule has 2 aliphatic rings. The minimum atomic E-state index is -0.638. The number of hydrogen-bond acceptors (Lipinski definition) is 5. The first-order valence-electron chi connectivity index (χ1n) is 11.4. The molecule has 0 saturated carbocycles. The molecule has 6 rings (SSSR count). The number of aromatic amines is 1. The highest BCUT2D eigenvalue weighted by Gasteiger charge is 2.53. The van der Waals surface area contributed by atoms with E-state index in [4.69, 9.17) is 5.10 Å². The predicted molar refractivity (Wildman–Crippen MR) is 126 cm³/mol. The Bertz CT molecular complexity index is 1460. The number of hydrogen-bond donors (Lipinski definition) is 1. The molecule has 166 valence electrons. The summed E-state index contributed by atoms with van der Waals surface area (Å²) in [5.74, 6) is -0.307. The van der Waals surface area contributed by atoms with Crippen LogP contribution in [-0.4, -0.2) is 30.7 Å². The molecule has 3 aromatic heterocycles. The molecule has 0 bridgehead atoms. The molecule has 3 heterocycles. The number of fused-ring (bicyclic) bond motifs is 3. The molecule has 0 spiro atoms. The summed E-state index contributed by atoms with van der Waals surface area (Å²) in [7, 11) is 0. The first kappa shape index (κ1) is 20.3. The number of nitriles is 1. The van der Waals surface area contributed by atoms with Crippen LogP contribution in [0.1, 0.15) is 30.2 Å². The highest BCUT2D eigenvalue weighted by atomic mass is 16.1. The van der Waals surface area contributed by atoms with E-state index in [-0.39, 0.29) is 23.2 Å². The summed E-state index contributed by atoms with van der Waals surface area (Å²) >= 11 is 0. The van der Waals surface area contributed by atoms with Crippen LogP contribution in [0, 0.1) is 23.2 Å². The number of aromatic nitrogens is 5. The Hall–Kier alpha value is -4.31. The second-order valence-electron chi connectivity index (χ2n) is 9.01. The molecule has 4 aromatic rings. The van der Waals surface area contributed by atoms with E-state index >= 15 is 0 Å². The number of pyridine rings is 1. The molecule has 2 unspecified atom stereocenters. The van der Waals surface area contributed by atoms with E-state index in [2.05, 4.69) is 33.4 Å². The van der Waals surface area contributed by atoms with Gasteiger partial charge in [0.05, 0.1) is 40.5 Å². The summed E-state index contributed by atoms with van der Waals surface area (Å²) in [6, 6.07) is 16.1. The summed E-state index contributed by atoms with van der Waals surface area (Å²) in [6.45, 7) is 1.95. The smallest absolute Gasteiger partial charge is 0.176 e. The molecule has 7 nitrogen and oxygen atoms in total. The van der Waals surface area contributed by atoms with Crippen molar-refractivity contribution in [2.45, 2.75) is 25.2 Å². The fourth-order valence-corrected chi connectivity index (χ4v) is 5.76. The average molecular weight is 447 g/mol. The fraction of sp³-hybridized carbons (Fsp3) is 0.222. The first-order valence-corrected chi connectivity index (χ1v) is 11.4. The summed E-state index contributed by atoms with van der Waals surface area (Å²) in [5, 5.41) is 22.4. The third kappa shape index (κ3) is 2.82. The van der Waals surface area contributed by atoms with Gasteiger partial charge in [0.1, 0.15) is 6.07 Å². The maximum absolute atomic E-state index is 12.9. The number of H-pyrrole nitrogens is 1. The number of rotatable bonds is 3. The maximum atomic E-state index is 12.9. The molecule has 0 fully saturated rings. The van der Waals surface area contributed by atoms with E-state index in [1.165, 1.54) is 0 Å². The molecule has 1 N–H and O–H groups in total. The van der Waals surface area contributed by atoms with Crippen molar-refractivity contribution in [2.75, 3.05) is 0 Å². The van der Waals surface area contributed by atoms with Gasteiger partial charge in [0.2, 0.25) is 0 Å². The van der Waals surface area contributed by atoms with Crippen molar-refractivity contribution in [1.82, 2.24) is 25.0 Å². The van der Waals surface area contributed by atoms with Crippen LogP contribution >= 0.6 is 0 Å². The molecular weight excluding hydrogens is 424 g/mol. The van der Waals surface area contributed by atoms with E-state index in [1.54, 1.807) is 17.1 Å². The second-order valence-corrected chi connectivity index (χ2v) is 9.01. The zero-order valence-electron chi connectivity index (χ0n) is 18.6. The van der Waals surface area contributed by atoms with Crippen molar-refractivity contribution < 1.29 is 4.79 Å². The average Bonchev–Trinajstić information content (AvgIpc) is 3.55. The topological polar surface area (TPSA) is 100 Å². The van der Waals surface area contributed by atoms with Crippen molar-refractivity contribution in [3.05, 3.63) is 95.7 Å². The van der Waals surface area contributed by atoms with E-state index in [1.807, 2.05) is 55.7 Å². The largest absolute Gasteiger partial charge is 0.293 e. The fourth-order valence-electron chi connectivity index (χ4n) is 5.76. The lowest BCUT2D eigenvalue weighted by Crippen LogP contribution is -2.48. The van der Waals surface area contributed by atoms with Crippen molar-refractivity contribution in [3.8, 4) is 23.0 Å². The normalized spacial score (nSPS) is 23.5. The summed E-state index contributed by atoms with van der Waals surface area (Å²) in [6.07, 6.45) is 10.8. The molecule has 0 saturated heterocycles. The molecule has 0 aliphatic heterocycles. The van der Waals surface area contributed by atoms with Crippen molar-refractivity contribution in [2.24, 2.45) is 11.8 Å². The van der Waals surface area contributed by atoms with Gasteiger partial charge in [0, 0.05) is 29.4 Å². The van der Waals surface area contributed by atoms with Crippen molar-refractivity contribution >= 4 is 5.78 Å². The van der Waals surface area contributed by atoms with Gasteiger partial charge in [-0.05, 0) is 42.5 Å². The highest BCUT2D eigenvalue weighted by Crippen LogP contribution is 2.54. The molecule has 1 aromatic carbocycles. The van der Waals surface area contributed by atoms with E-state index in [0.29, 0.717) is 0 Å². The minimum Gasteiger partial charge on any atom is -0.293 e. The van der Waals surface area contributed by atoms with Crippen LogP contribution in [0.2, 0.25) is 0 Å². The van der Waals surface area contributed by atoms with Gasteiger partial charge in [-0.25, -0.2) is 4.68 Å². The van der Waals surface area contributed by atoms with Gasteiger partial charge < -0.3 is 0 Å². The zero-order chi connectivity index (χ0) is 23.3. The van der Waals surface area contributed by atoms with Crippen LogP contribution in [0.3, 0.4) is 0 Å². The van der Waals surface area contributed by atoms with Crippen molar-refractivity contribution in [3.63, 3.8) is 0 Å². The number of carbonyl (C=O) groups is 1. The summed E-state index contributed by atoms with van der Waals surface area (Å²) in [4.78, 5) is 17.1. The van der Waals surface area contributed by atoms with Crippen LogP contribution in [0.25, 0.3) is 16.9 Å². The Morgan fingerprint density at radius 2 is 2.03 bits per heavy atom. The number of Topliss-reactive ketones (excluding diaryl/α,β-unsaturated/α-hetero) is 1. The van der Waals surface area contributed by atoms with Gasteiger partial charge in [-0.3, -0.25) is 14.9 Å². The second kappa shape index (κ2) is 7.63. The highest BCUT2D eigenvalue weighted by molar-refractivity contribution is 6.02. The van der Waals surface area contributed by atoms with Gasteiger partial charge in [0.25, 0.3) is 0 Å². The monoisotopic (exact) mass is 446 g/mol. The van der Waals surface area contributed by atoms with E-state index in [9.17, 15) is 10.1 Å². The molecule has 3 atom stereocenters. The van der Waals surface area contributed by atoms with Crippen molar-refractivity contribution in [1.29, 1.82) is 5.26 Å². The van der Waals surface area contributed by atoms with Crippen LogP contribution < -0.4 is 0 Å². The van der Waals surface area contributed by atoms with Crippen LogP contribution in [0.4, 0.5) is 0 Å². The van der Waals surface area contributed by atoms with Gasteiger partial charge in [-0.1, -0.05) is 37.3 Å². The van der Waals surface area contributed by atoms with Gasteiger partial charge in [-0.15, -0.1) is 0 Å². The van der Waals surface area contributed by atoms with Gasteiger partial charge in [-0.2, -0.15) is 15.5 Å². The van der Waals surface area contributed by atoms with Gasteiger partial charge >= 0.3 is 0 Å². The SMILES string of the molecule is CC1C(=O)C(C#N)=C[C@]2(c3ccccc3)c3n[nH]c(-c4cnn(-c5cccnc5)c4)c3CCC12. The lowest BCUT2D eigenvalue weighted by Gasteiger charge is -2.46. The maximum Gasteiger partial charge on any atom is 0.176 e. The Morgan fingerprint density at radius 3 is 2.79 bits per heavy atom. The number of allylic oxidation sites excluding steroid dienone is 2. The third-order valence-corrected chi connectivity index (χ3v) is 7.36. The Balaban J connectivity index is 1.54. The number of ketones is 1. The molecule has 2 aliphatic carbocycles. The summed E-state index contributed by atoms with van der Waals surface area (Å²) in [5.41, 5.74) is 5.38. The number of carbonyl (C=O) groups excluding carboxylic acids is 1. The molecule has 0 amide bonds. The van der Waals surface area contributed by atoms with Crippen LogP contribution in [0.5, 0.6) is 0 Å².